The summed E-state index contributed by atoms with van der Waals surface area (Å²) in [6.45, 7) is 0.205. The van der Waals surface area contributed by atoms with Gasteiger partial charge in [0.1, 0.15) is 5.92 Å². The molecule has 3 rings (SSSR count). The number of rotatable bonds is 1. The lowest BCUT2D eigenvalue weighted by Gasteiger charge is -2.21. The van der Waals surface area contributed by atoms with Gasteiger partial charge in [-0.1, -0.05) is 18.2 Å². The van der Waals surface area contributed by atoms with Crippen molar-refractivity contribution in [2.75, 3.05) is 6.67 Å². The number of aromatic amines is 1. The molecule has 0 aliphatic carbocycles. The van der Waals surface area contributed by atoms with Crippen LogP contribution in [-0.4, -0.2) is 23.5 Å². The molecule has 0 saturated carbocycles. The van der Waals surface area contributed by atoms with Gasteiger partial charge in [0, 0.05) is 17.1 Å². The van der Waals surface area contributed by atoms with Crippen LogP contribution in [0.3, 0.4) is 0 Å². The minimum atomic E-state index is -0.764. The standard InChI is InChI=1S/C12H11N3O2/c16-11-10(12(17)15-6-14-11)8-5-13-9-4-2-1-3-7(8)9/h1-5,10,13H,6H2,(H,14,16)(H,15,17). The first-order chi connectivity index (χ1) is 8.27. The summed E-state index contributed by atoms with van der Waals surface area (Å²) in [6, 6.07) is 7.61. The Morgan fingerprint density at radius 3 is 2.53 bits per heavy atom. The van der Waals surface area contributed by atoms with Crippen LogP contribution in [0.1, 0.15) is 11.5 Å². The number of aromatic nitrogens is 1. The quantitative estimate of drug-likeness (QED) is 0.621. The molecule has 1 aliphatic heterocycles. The molecular formula is C12H11N3O2. The number of hydrogen-bond acceptors (Lipinski definition) is 2. The number of amides is 2. The minimum absolute atomic E-state index is 0.205. The van der Waals surface area contributed by atoms with Crippen molar-refractivity contribution in [3.8, 4) is 0 Å². The van der Waals surface area contributed by atoms with Crippen LogP contribution < -0.4 is 10.6 Å². The molecule has 1 aromatic heterocycles. The Balaban J connectivity index is 2.14. The van der Waals surface area contributed by atoms with Crippen LogP contribution in [0.5, 0.6) is 0 Å². The average molecular weight is 229 g/mol. The number of benzene rings is 1. The highest BCUT2D eigenvalue weighted by Gasteiger charge is 2.33. The van der Waals surface area contributed by atoms with Gasteiger partial charge in [0.25, 0.3) is 0 Å². The van der Waals surface area contributed by atoms with Crippen molar-refractivity contribution in [3.05, 3.63) is 36.0 Å². The van der Waals surface area contributed by atoms with E-state index in [4.69, 9.17) is 0 Å². The fraction of sp³-hybridized carbons (Fsp3) is 0.167. The Kier molecular flexibility index (Phi) is 2.11. The molecule has 1 aliphatic rings. The average Bonchev–Trinajstić information content (AvgIpc) is 2.73. The highest BCUT2D eigenvalue weighted by molar-refractivity contribution is 6.10. The van der Waals surface area contributed by atoms with Gasteiger partial charge in [-0.3, -0.25) is 9.59 Å². The number of carbonyl (C=O) groups excluding carboxylic acids is 2. The minimum Gasteiger partial charge on any atom is -0.361 e. The van der Waals surface area contributed by atoms with Gasteiger partial charge in [0.15, 0.2) is 0 Å². The van der Waals surface area contributed by atoms with E-state index < -0.39 is 5.92 Å². The van der Waals surface area contributed by atoms with Crippen LogP contribution in [0, 0.1) is 0 Å². The van der Waals surface area contributed by atoms with E-state index in [1.165, 1.54) is 0 Å². The molecule has 86 valence electrons. The third-order valence-electron chi connectivity index (χ3n) is 2.98. The molecule has 1 aromatic carbocycles. The van der Waals surface area contributed by atoms with Crippen LogP contribution in [-0.2, 0) is 9.59 Å². The third-order valence-corrected chi connectivity index (χ3v) is 2.98. The summed E-state index contributed by atoms with van der Waals surface area (Å²) in [5.41, 5.74) is 1.64. The van der Waals surface area contributed by atoms with Crippen molar-refractivity contribution in [1.82, 2.24) is 15.6 Å². The molecule has 1 fully saturated rings. The molecule has 2 amide bonds. The summed E-state index contributed by atoms with van der Waals surface area (Å²) in [5, 5.41) is 6.17. The number of hydrogen-bond donors (Lipinski definition) is 3. The Hall–Kier alpha value is -2.30. The van der Waals surface area contributed by atoms with Crippen molar-refractivity contribution in [2.24, 2.45) is 0 Å². The van der Waals surface area contributed by atoms with Crippen molar-refractivity contribution in [3.63, 3.8) is 0 Å². The number of nitrogens with one attached hydrogen (secondary N) is 3. The van der Waals surface area contributed by atoms with Gasteiger partial charge < -0.3 is 15.6 Å². The molecule has 0 bridgehead atoms. The molecule has 1 saturated heterocycles. The van der Waals surface area contributed by atoms with E-state index in [1.54, 1.807) is 6.20 Å². The summed E-state index contributed by atoms with van der Waals surface area (Å²) in [4.78, 5) is 26.6. The van der Waals surface area contributed by atoms with Crippen LogP contribution in [0.25, 0.3) is 10.9 Å². The number of para-hydroxylation sites is 1. The van der Waals surface area contributed by atoms with Crippen molar-refractivity contribution in [2.45, 2.75) is 5.92 Å². The number of carbonyl (C=O) groups is 2. The van der Waals surface area contributed by atoms with Gasteiger partial charge in [-0.05, 0) is 11.6 Å². The van der Waals surface area contributed by atoms with Gasteiger partial charge in [-0.2, -0.15) is 0 Å². The highest BCUT2D eigenvalue weighted by Crippen LogP contribution is 2.26. The summed E-state index contributed by atoms with van der Waals surface area (Å²) in [7, 11) is 0. The maximum absolute atomic E-state index is 11.8. The Morgan fingerprint density at radius 1 is 1.06 bits per heavy atom. The zero-order valence-corrected chi connectivity index (χ0v) is 8.99. The SMILES string of the molecule is O=C1NCNC(=O)C1c1c[nH]c2ccccc12. The van der Waals surface area contributed by atoms with E-state index >= 15 is 0 Å². The number of fused-ring (bicyclic) bond motifs is 1. The predicted molar refractivity (Wildman–Crippen MR) is 62.2 cm³/mol. The molecule has 0 atom stereocenters. The molecule has 5 heteroatoms. The predicted octanol–water partition coefficient (Wildman–Crippen LogP) is 0.455. The Labute approximate surface area is 97.2 Å². The van der Waals surface area contributed by atoms with E-state index in [9.17, 15) is 9.59 Å². The van der Waals surface area contributed by atoms with E-state index in [-0.39, 0.29) is 18.5 Å². The third kappa shape index (κ3) is 1.47. The molecular weight excluding hydrogens is 218 g/mol. The Bertz CT molecular complexity index is 587. The molecule has 17 heavy (non-hydrogen) atoms. The number of H-pyrrole nitrogens is 1. The first-order valence-corrected chi connectivity index (χ1v) is 5.39. The first-order valence-electron chi connectivity index (χ1n) is 5.39. The molecule has 2 heterocycles. The van der Waals surface area contributed by atoms with E-state index in [0.29, 0.717) is 0 Å². The molecule has 3 N–H and O–H groups in total. The molecule has 0 spiro atoms. The second-order valence-corrected chi connectivity index (χ2v) is 3.98. The Morgan fingerprint density at radius 2 is 1.76 bits per heavy atom. The van der Waals surface area contributed by atoms with Crippen molar-refractivity contribution in [1.29, 1.82) is 0 Å². The lowest BCUT2D eigenvalue weighted by molar-refractivity contribution is -0.134. The fourth-order valence-corrected chi connectivity index (χ4v) is 2.16. The molecule has 0 unspecified atom stereocenters. The monoisotopic (exact) mass is 229 g/mol. The van der Waals surface area contributed by atoms with Crippen LogP contribution >= 0.6 is 0 Å². The topological polar surface area (TPSA) is 74.0 Å². The first kappa shape index (κ1) is 9.89. The second-order valence-electron chi connectivity index (χ2n) is 3.98. The summed E-state index contributed by atoms with van der Waals surface area (Å²) in [6.07, 6.45) is 1.72. The lowest BCUT2D eigenvalue weighted by Crippen LogP contribution is -2.50. The largest absolute Gasteiger partial charge is 0.361 e. The highest BCUT2D eigenvalue weighted by atomic mass is 16.2. The normalized spacial score (nSPS) is 16.9. The van der Waals surface area contributed by atoms with E-state index in [0.717, 1.165) is 16.5 Å². The van der Waals surface area contributed by atoms with Gasteiger partial charge in [0.05, 0.1) is 6.67 Å². The maximum atomic E-state index is 11.8. The maximum Gasteiger partial charge on any atom is 0.238 e. The van der Waals surface area contributed by atoms with Gasteiger partial charge in [-0.15, -0.1) is 0 Å². The second kappa shape index (κ2) is 3.62. The smallest absolute Gasteiger partial charge is 0.238 e. The molecule has 2 aromatic rings. The molecule has 5 nitrogen and oxygen atoms in total. The van der Waals surface area contributed by atoms with Crippen LogP contribution in [0.2, 0.25) is 0 Å². The van der Waals surface area contributed by atoms with E-state index in [2.05, 4.69) is 15.6 Å². The van der Waals surface area contributed by atoms with Crippen molar-refractivity contribution >= 4 is 22.7 Å². The summed E-state index contributed by atoms with van der Waals surface area (Å²) < 4.78 is 0. The molecule has 0 radical (unpaired) electrons. The van der Waals surface area contributed by atoms with Gasteiger partial charge >= 0.3 is 0 Å². The lowest BCUT2D eigenvalue weighted by atomic mass is 9.96. The van der Waals surface area contributed by atoms with Gasteiger partial charge in [-0.25, -0.2) is 0 Å². The van der Waals surface area contributed by atoms with Crippen LogP contribution in [0.15, 0.2) is 30.5 Å². The fourth-order valence-electron chi connectivity index (χ4n) is 2.16. The summed E-state index contributed by atoms with van der Waals surface area (Å²) >= 11 is 0. The zero-order chi connectivity index (χ0) is 11.8. The zero-order valence-electron chi connectivity index (χ0n) is 8.99. The summed E-state index contributed by atoms with van der Waals surface area (Å²) in [5.74, 6) is -1.27. The van der Waals surface area contributed by atoms with E-state index in [1.807, 2.05) is 24.3 Å². The van der Waals surface area contributed by atoms with Gasteiger partial charge in [0.2, 0.25) is 11.8 Å². The van der Waals surface area contributed by atoms with Crippen LogP contribution in [0.4, 0.5) is 0 Å². The van der Waals surface area contributed by atoms with Crippen molar-refractivity contribution < 1.29 is 9.59 Å².